The maximum atomic E-state index is 7.59. The van der Waals surface area contributed by atoms with Crippen molar-refractivity contribution >= 4 is 21.8 Å². The van der Waals surface area contributed by atoms with Crippen molar-refractivity contribution in [2.75, 3.05) is 0 Å². The molecular formula is C42H57N. The van der Waals surface area contributed by atoms with E-state index >= 15 is 0 Å². The lowest BCUT2D eigenvalue weighted by atomic mass is 9.61. The lowest BCUT2D eigenvalue weighted by Crippen LogP contribution is -2.35. The SMILES string of the molecule is CC.CC.Cc1ccc2c(c1)C(CC(C)(C)C)(CC(C)(C)C)c1cc(C)ccc1-2.[3H]Cn1c2ccccc2c2ccccc21. The highest BCUT2D eigenvalue weighted by Crippen LogP contribution is 2.58. The summed E-state index contributed by atoms with van der Waals surface area (Å²) in [5.74, 6) is 0. The van der Waals surface area contributed by atoms with Gasteiger partial charge in [0.15, 0.2) is 0 Å². The van der Waals surface area contributed by atoms with Crippen molar-refractivity contribution in [3.63, 3.8) is 0 Å². The molecule has 1 aromatic heterocycles. The van der Waals surface area contributed by atoms with Crippen LogP contribution < -0.4 is 0 Å². The highest BCUT2D eigenvalue weighted by Gasteiger charge is 2.47. The largest absolute Gasteiger partial charge is 0.344 e. The van der Waals surface area contributed by atoms with Gasteiger partial charge in [0.2, 0.25) is 0 Å². The Kier molecular flexibility index (Phi) is 10.3. The second-order valence-corrected chi connectivity index (χ2v) is 14.1. The molecule has 230 valence electrons. The summed E-state index contributed by atoms with van der Waals surface area (Å²) in [6, 6.07) is 30.7. The molecule has 1 aliphatic rings. The Labute approximate surface area is 264 Å². The molecule has 0 aliphatic heterocycles. The van der Waals surface area contributed by atoms with Crippen molar-refractivity contribution in [1.29, 1.82) is 0 Å². The Morgan fingerprint density at radius 3 is 1.30 bits per heavy atom. The van der Waals surface area contributed by atoms with E-state index in [0.29, 0.717) is 0 Å². The van der Waals surface area contributed by atoms with Crippen LogP contribution in [0.3, 0.4) is 0 Å². The first-order valence-corrected chi connectivity index (χ1v) is 16.3. The molecule has 1 heterocycles. The zero-order chi connectivity index (χ0) is 32.9. The number of hydrogen-bond donors (Lipinski definition) is 0. The number of fused-ring (bicyclic) bond motifs is 6. The van der Waals surface area contributed by atoms with Gasteiger partial charge in [0.25, 0.3) is 0 Å². The summed E-state index contributed by atoms with van der Waals surface area (Å²) in [7, 11) is 0.272. The van der Waals surface area contributed by atoms with Gasteiger partial charge in [0, 0.05) is 35.6 Å². The summed E-state index contributed by atoms with van der Waals surface area (Å²) in [4.78, 5) is 0. The highest BCUT2D eigenvalue weighted by atomic mass is 14.9. The van der Waals surface area contributed by atoms with Gasteiger partial charge < -0.3 is 4.57 Å². The Morgan fingerprint density at radius 2 is 0.953 bits per heavy atom. The number of nitrogens with zero attached hydrogens (tertiary/aromatic N) is 1. The molecule has 1 aliphatic carbocycles. The number of benzene rings is 4. The van der Waals surface area contributed by atoms with Gasteiger partial charge in [0.1, 0.15) is 0 Å². The minimum atomic E-state index is 0.110. The van der Waals surface area contributed by atoms with E-state index in [0.717, 1.165) is 11.0 Å². The molecule has 0 saturated heterocycles. The van der Waals surface area contributed by atoms with Crippen LogP contribution in [0.2, 0.25) is 0 Å². The van der Waals surface area contributed by atoms with Gasteiger partial charge in [-0.05, 0) is 71.9 Å². The second kappa shape index (κ2) is 13.5. The van der Waals surface area contributed by atoms with E-state index in [2.05, 4.69) is 116 Å². The van der Waals surface area contributed by atoms with Crippen molar-refractivity contribution in [2.24, 2.45) is 17.9 Å². The number of para-hydroxylation sites is 2. The number of rotatable bonds is 2. The highest BCUT2D eigenvalue weighted by molar-refractivity contribution is 6.07. The monoisotopic (exact) mass is 577 g/mol. The van der Waals surface area contributed by atoms with Crippen LogP contribution in [0.5, 0.6) is 0 Å². The third kappa shape index (κ3) is 7.26. The van der Waals surface area contributed by atoms with Gasteiger partial charge >= 0.3 is 0 Å². The van der Waals surface area contributed by atoms with Crippen LogP contribution >= 0.6 is 0 Å². The summed E-state index contributed by atoms with van der Waals surface area (Å²) in [5.41, 5.74) is 11.7. The molecule has 0 unspecified atom stereocenters. The fraction of sp³-hybridized carbons (Fsp3) is 0.429. The quantitative estimate of drug-likeness (QED) is 0.197. The molecule has 5 aromatic rings. The average Bonchev–Trinajstić information content (AvgIpc) is 3.43. The molecule has 1 nitrogen and oxygen atoms in total. The summed E-state index contributed by atoms with van der Waals surface area (Å²) in [5, 5.41) is 2.47. The molecule has 0 N–H and O–H groups in total. The third-order valence-electron chi connectivity index (χ3n) is 8.02. The van der Waals surface area contributed by atoms with Crippen molar-refractivity contribution < 1.29 is 1.37 Å². The predicted molar refractivity (Wildman–Crippen MR) is 193 cm³/mol. The fourth-order valence-corrected chi connectivity index (χ4v) is 6.98. The first-order chi connectivity index (χ1) is 20.8. The van der Waals surface area contributed by atoms with Crippen LogP contribution in [0, 0.1) is 24.7 Å². The van der Waals surface area contributed by atoms with Gasteiger partial charge in [-0.2, -0.15) is 0 Å². The van der Waals surface area contributed by atoms with E-state index in [4.69, 9.17) is 1.37 Å². The second-order valence-electron chi connectivity index (χ2n) is 14.1. The third-order valence-corrected chi connectivity index (χ3v) is 8.02. The maximum Gasteiger partial charge on any atom is 0.0488 e. The average molecular weight is 578 g/mol. The minimum Gasteiger partial charge on any atom is -0.344 e. The molecule has 0 bridgehead atoms. The molecule has 0 spiro atoms. The number of aryl methyl sites for hydroxylation is 3. The molecule has 0 saturated carbocycles. The van der Waals surface area contributed by atoms with E-state index in [1.807, 2.05) is 56.5 Å². The summed E-state index contributed by atoms with van der Waals surface area (Å²) < 4.78 is 9.62. The van der Waals surface area contributed by atoms with E-state index < -0.39 is 0 Å². The van der Waals surface area contributed by atoms with Crippen molar-refractivity contribution in [1.82, 2.24) is 4.57 Å². The van der Waals surface area contributed by atoms with Crippen LogP contribution in [0.15, 0.2) is 84.9 Å². The van der Waals surface area contributed by atoms with Gasteiger partial charge in [-0.15, -0.1) is 0 Å². The standard InChI is InChI=1S/C25H34.C13H11N.2C2H6/c1-17-9-11-19-20-12-10-18(2)14-22(20)25(21(19)13-17,15-23(3,4)5)16-24(6,7)8;1-14-12-8-4-2-6-10(12)11-7-3-5-9-13(11)14;2*1-2/h9-14H,15-16H2,1-8H3;2-9H,1H3;2*1-2H3/i;1T;;. The lowest BCUT2D eigenvalue weighted by Gasteiger charge is -2.42. The minimum absolute atomic E-state index is 0.110. The van der Waals surface area contributed by atoms with Gasteiger partial charge in [0.05, 0.1) is 0 Å². The predicted octanol–water partition coefficient (Wildman–Crippen LogP) is 12.8. The van der Waals surface area contributed by atoms with E-state index in [-0.39, 0.29) is 23.3 Å². The molecule has 0 atom stereocenters. The van der Waals surface area contributed by atoms with Gasteiger partial charge in [-0.1, -0.05) is 153 Å². The smallest absolute Gasteiger partial charge is 0.0488 e. The maximum absolute atomic E-state index is 7.59. The number of aromatic nitrogens is 1. The van der Waals surface area contributed by atoms with Gasteiger partial charge in [-0.3, -0.25) is 0 Å². The lowest BCUT2D eigenvalue weighted by molar-refractivity contribution is 0.214. The Hall–Kier alpha value is -3.32. The van der Waals surface area contributed by atoms with Crippen molar-refractivity contribution in [3.05, 3.63) is 107 Å². The van der Waals surface area contributed by atoms with Crippen LogP contribution in [0.25, 0.3) is 32.9 Å². The molecule has 0 amide bonds. The topological polar surface area (TPSA) is 4.93 Å². The molecule has 6 rings (SSSR count). The zero-order valence-electron chi connectivity index (χ0n) is 30.2. The Balaban J connectivity index is 0.000000236. The number of hydrogen-bond acceptors (Lipinski definition) is 0. The molecule has 0 radical (unpaired) electrons. The van der Waals surface area contributed by atoms with Crippen LogP contribution in [-0.2, 0) is 12.4 Å². The van der Waals surface area contributed by atoms with Gasteiger partial charge in [-0.25, -0.2) is 0 Å². The van der Waals surface area contributed by atoms with Crippen molar-refractivity contribution in [3.8, 4) is 11.1 Å². The van der Waals surface area contributed by atoms with E-state index in [1.54, 1.807) is 11.1 Å². The first-order valence-electron chi connectivity index (χ1n) is 17.0. The normalized spacial score (nSPS) is 13.4. The molecule has 4 aromatic carbocycles. The summed E-state index contributed by atoms with van der Waals surface area (Å²) in [6.45, 7) is 26.8. The van der Waals surface area contributed by atoms with Crippen LogP contribution in [0.1, 0.15) is 106 Å². The molecule has 0 fully saturated rings. The Bertz CT molecular complexity index is 1550. The first kappa shape index (κ1) is 32.6. The summed E-state index contributed by atoms with van der Waals surface area (Å²) >= 11 is 0. The van der Waals surface area contributed by atoms with E-state index in [1.165, 1.54) is 45.9 Å². The van der Waals surface area contributed by atoms with Crippen molar-refractivity contribution in [2.45, 2.75) is 101 Å². The molecular weight excluding hydrogens is 518 g/mol. The van der Waals surface area contributed by atoms with Crippen LogP contribution in [-0.4, -0.2) is 4.57 Å². The zero-order valence-corrected chi connectivity index (χ0v) is 29.2. The Morgan fingerprint density at radius 1 is 0.581 bits per heavy atom. The molecule has 1 heteroatoms. The molecule has 43 heavy (non-hydrogen) atoms. The summed E-state index contributed by atoms with van der Waals surface area (Å²) in [6.07, 6.45) is 2.37. The van der Waals surface area contributed by atoms with E-state index in [9.17, 15) is 0 Å². The fourth-order valence-electron chi connectivity index (χ4n) is 6.98. The van der Waals surface area contributed by atoms with Crippen LogP contribution in [0.4, 0.5) is 0 Å².